The first-order valence-corrected chi connectivity index (χ1v) is 15.2. The second-order valence-corrected chi connectivity index (χ2v) is 13.2. The molecule has 0 spiro atoms. The Labute approximate surface area is 219 Å². The number of benzene rings is 2. The summed E-state index contributed by atoms with van der Waals surface area (Å²) in [5.41, 5.74) is 0.889. The molecule has 37 heavy (non-hydrogen) atoms. The molecule has 2 N–H and O–H groups in total. The van der Waals surface area contributed by atoms with Crippen molar-refractivity contribution in [2.45, 2.75) is 42.4 Å². The molecule has 14 heteroatoms. The van der Waals surface area contributed by atoms with Gasteiger partial charge in [-0.15, -0.1) is 0 Å². The summed E-state index contributed by atoms with van der Waals surface area (Å²) in [4.78, 5) is 17.6. The fraction of sp³-hybridized carbons (Fsp3) is 0.391. The number of methoxy groups -OCH3 is 1. The summed E-state index contributed by atoms with van der Waals surface area (Å²) in [5, 5.41) is 5.25. The molecule has 0 aliphatic carbocycles. The Bertz CT molecular complexity index is 1580. The summed E-state index contributed by atoms with van der Waals surface area (Å²) >= 11 is 1.14. The summed E-state index contributed by atoms with van der Waals surface area (Å²) in [7, 11) is -6.09. The number of carbonyl (C=O) groups is 1. The van der Waals surface area contributed by atoms with Gasteiger partial charge in [-0.2, -0.15) is 9.30 Å². The summed E-state index contributed by atoms with van der Waals surface area (Å²) in [6, 6.07) is 10.1. The SMILES string of the molecule is COCCn1c(=NC(=O)c2ccc(S(=O)(=O)N3C[C@@H](C)O[C@H](C)C3)cc2)sc2cc(S(N)(=O)=O)ccc21. The lowest BCUT2D eigenvalue weighted by Gasteiger charge is -2.34. The van der Waals surface area contributed by atoms with E-state index in [0.717, 1.165) is 11.3 Å². The number of carbonyl (C=O) groups excluding carboxylic acids is 1. The van der Waals surface area contributed by atoms with Crippen LogP contribution in [0.5, 0.6) is 0 Å². The monoisotopic (exact) mass is 568 g/mol. The third-order valence-electron chi connectivity index (χ3n) is 5.82. The smallest absolute Gasteiger partial charge is 0.279 e. The Morgan fingerprint density at radius 3 is 2.30 bits per heavy atom. The molecule has 1 amide bonds. The van der Waals surface area contributed by atoms with Crippen LogP contribution in [0.3, 0.4) is 0 Å². The molecule has 0 bridgehead atoms. The Morgan fingerprint density at radius 1 is 1.08 bits per heavy atom. The fourth-order valence-electron chi connectivity index (χ4n) is 4.11. The van der Waals surface area contributed by atoms with Gasteiger partial charge in [-0.1, -0.05) is 11.3 Å². The molecule has 1 aliphatic heterocycles. The highest BCUT2D eigenvalue weighted by atomic mass is 32.2. The number of thiazole rings is 1. The molecule has 0 saturated carbocycles. The van der Waals surface area contributed by atoms with Gasteiger partial charge in [-0.3, -0.25) is 4.79 Å². The maximum atomic E-state index is 13.1. The Kier molecular flexibility index (Phi) is 7.99. The van der Waals surface area contributed by atoms with E-state index < -0.39 is 26.0 Å². The van der Waals surface area contributed by atoms with Crippen molar-refractivity contribution in [3.63, 3.8) is 0 Å². The first-order valence-electron chi connectivity index (χ1n) is 11.4. The lowest BCUT2D eigenvalue weighted by atomic mass is 10.2. The third-order valence-corrected chi connectivity index (χ3v) is 9.62. The van der Waals surface area contributed by atoms with Crippen LogP contribution < -0.4 is 9.94 Å². The van der Waals surface area contributed by atoms with E-state index in [9.17, 15) is 21.6 Å². The van der Waals surface area contributed by atoms with Gasteiger partial charge in [0, 0.05) is 32.3 Å². The molecule has 1 aromatic heterocycles. The standard InChI is InChI=1S/C23H28N4O7S3/c1-15-13-26(14-16(2)34-15)37(31,32)18-6-4-17(5-7-18)22(28)25-23-27(10-11-33-3)20-9-8-19(36(24,29)30)12-21(20)35-23/h4-9,12,15-16H,10-11,13-14H2,1-3H3,(H2,24,29,30)/t15-,16-/m1/s1. The molecule has 2 aromatic carbocycles. The van der Waals surface area contributed by atoms with Gasteiger partial charge in [0.05, 0.1) is 38.8 Å². The van der Waals surface area contributed by atoms with Crippen molar-refractivity contribution in [1.82, 2.24) is 8.87 Å². The van der Waals surface area contributed by atoms with Gasteiger partial charge in [0.25, 0.3) is 5.91 Å². The van der Waals surface area contributed by atoms with E-state index in [-0.39, 0.29) is 40.7 Å². The number of aromatic nitrogens is 1. The van der Waals surface area contributed by atoms with Gasteiger partial charge in [0.1, 0.15) is 0 Å². The van der Waals surface area contributed by atoms with Crippen molar-refractivity contribution in [1.29, 1.82) is 0 Å². The van der Waals surface area contributed by atoms with Crippen LogP contribution in [0.25, 0.3) is 10.2 Å². The van der Waals surface area contributed by atoms with Crippen molar-refractivity contribution < 1.29 is 31.1 Å². The van der Waals surface area contributed by atoms with Crippen molar-refractivity contribution in [3.8, 4) is 0 Å². The highest BCUT2D eigenvalue weighted by Gasteiger charge is 2.32. The van der Waals surface area contributed by atoms with Crippen molar-refractivity contribution in [2.24, 2.45) is 10.1 Å². The Balaban J connectivity index is 1.66. The number of ether oxygens (including phenoxy) is 2. The van der Waals surface area contributed by atoms with Crippen molar-refractivity contribution in [2.75, 3.05) is 26.8 Å². The van der Waals surface area contributed by atoms with Crippen LogP contribution in [0.1, 0.15) is 24.2 Å². The first kappa shape index (κ1) is 27.6. The molecule has 2 atom stereocenters. The average molecular weight is 569 g/mol. The van der Waals surface area contributed by atoms with Crippen LogP contribution in [0.15, 0.2) is 57.2 Å². The minimum absolute atomic E-state index is 0.0427. The van der Waals surface area contributed by atoms with Crippen molar-refractivity contribution in [3.05, 3.63) is 52.8 Å². The molecule has 1 aliphatic rings. The van der Waals surface area contributed by atoms with E-state index in [4.69, 9.17) is 14.6 Å². The second-order valence-electron chi connectivity index (χ2n) is 8.72. The molecular weight excluding hydrogens is 540 g/mol. The highest BCUT2D eigenvalue weighted by molar-refractivity contribution is 7.89. The first-order chi connectivity index (χ1) is 17.4. The lowest BCUT2D eigenvalue weighted by molar-refractivity contribution is -0.0440. The van der Waals surface area contributed by atoms with Gasteiger partial charge in [0.15, 0.2) is 4.80 Å². The molecular formula is C23H28N4O7S3. The van der Waals surface area contributed by atoms with Gasteiger partial charge in [-0.25, -0.2) is 22.0 Å². The number of nitrogens with two attached hydrogens (primary N) is 1. The van der Waals surface area contributed by atoms with Gasteiger partial charge >= 0.3 is 0 Å². The van der Waals surface area contributed by atoms with Crippen LogP contribution in [-0.4, -0.2) is 70.6 Å². The number of hydrogen-bond acceptors (Lipinski definition) is 8. The number of morpholine rings is 1. The quantitative estimate of drug-likeness (QED) is 0.454. The predicted molar refractivity (Wildman–Crippen MR) is 138 cm³/mol. The maximum absolute atomic E-state index is 13.1. The second kappa shape index (κ2) is 10.7. The van der Waals surface area contributed by atoms with Crippen molar-refractivity contribution >= 4 is 47.5 Å². The van der Waals surface area contributed by atoms with Crippen LogP contribution in [0.4, 0.5) is 0 Å². The van der Waals surface area contributed by atoms with E-state index in [0.29, 0.717) is 28.2 Å². The summed E-state index contributed by atoms with van der Waals surface area (Å²) < 4.78 is 64.2. The van der Waals surface area contributed by atoms with Gasteiger partial charge in [0.2, 0.25) is 20.0 Å². The molecule has 0 radical (unpaired) electrons. The van der Waals surface area contributed by atoms with Gasteiger partial charge < -0.3 is 14.0 Å². The van der Waals surface area contributed by atoms with Crippen LogP contribution in [0, 0.1) is 0 Å². The maximum Gasteiger partial charge on any atom is 0.279 e. The molecule has 1 fully saturated rings. The molecule has 0 unspecified atom stereocenters. The average Bonchev–Trinajstić information content (AvgIpc) is 3.17. The van der Waals surface area contributed by atoms with E-state index >= 15 is 0 Å². The summed E-state index contributed by atoms with van der Waals surface area (Å²) in [6.07, 6.45) is -0.435. The number of hydrogen-bond donors (Lipinski definition) is 1. The topological polar surface area (TPSA) is 150 Å². The number of rotatable bonds is 7. The number of sulfonamides is 2. The molecule has 3 aromatic rings. The van der Waals surface area contributed by atoms with Crippen LogP contribution in [-0.2, 0) is 36.1 Å². The molecule has 2 heterocycles. The van der Waals surface area contributed by atoms with Crippen LogP contribution in [0.2, 0.25) is 0 Å². The Morgan fingerprint density at radius 2 is 1.70 bits per heavy atom. The minimum Gasteiger partial charge on any atom is -0.383 e. The van der Waals surface area contributed by atoms with Gasteiger partial charge in [-0.05, 0) is 56.3 Å². The Hall–Kier alpha value is -2.46. The van der Waals surface area contributed by atoms with E-state index in [1.165, 1.54) is 40.7 Å². The van der Waals surface area contributed by atoms with E-state index in [1.807, 2.05) is 13.8 Å². The number of amides is 1. The number of fused-ring (bicyclic) bond motifs is 1. The summed E-state index contributed by atoms with van der Waals surface area (Å²) in [5.74, 6) is -0.568. The third kappa shape index (κ3) is 6.00. The molecule has 1 saturated heterocycles. The minimum atomic E-state index is -3.90. The zero-order valence-corrected chi connectivity index (χ0v) is 23.0. The summed E-state index contributed by atoms with van der Waals surface area (Å²) in [6.45, 7) is 4.88. The lowest BCUT2D eigenvalue weighted by Crippen LogP contribution is -2.48. The van der Waals surface area contributed by atoms with Crippen LogP contribution >= 0.6 is 11.3 Å². The van der Waals surface area contributed by atoms with E-state index in [1.54, 1.807) is 17.7 Å². The van der Waals surface area contributed by atoms with E-state index in [2.05, 4.69) is 4.99 Å². The molecule has 11 nitrogen and oxygen atoms in total. The zero-order valence-electron chi connectivity index (χ0n) is 20.5. The largest absolute Gasteiger partial charge is 0.383 e. The number of primary sulfonamides is 1. The number of nitrogens with zero attached hydrogens (tertiary/aromatic N) is 3. The fourth-order valence-corrected chi connectivity index (χ4v) is 7.41. The highest BCUT2D eigenvalue weighted by Crippen LogP contribution is 2.23. The normalized spacial score (nSPS) is 19.9. The molecule has 200 valence electrons. The molecule has 4 rings (SSSR count). The zero-order chi connectivity index (χ0) is 27.0. The predicted octanol–water partition coefficient (Wildman–Crippen LogP) is 1.54.